The van der Waals surface area contributed by atoms with Crippen LogP contribution >= 0.6 is 27.3 Å². The van der Waals surface area contributed by atoms with E-state index in [-0.39, 0.29) is 5.91 Å². The number of carbonyl (C=O) groups is 1. The second-order valence-electron chi connectivity index (χ2n) is 5.90. The second-order valence-corrected chi connectivity index (χ2v) is 7.71. The Bertz CT molecular complexity index is 880. The summed E-state index contributed by atoms with van der Waals surface area (Å²) >= 11 is 4.98. The summed E-state index contributed by atoms with van der Waals surface area (Å²) in [6.07, 6.45) is 3.56. The quantitative estimate of drug-likeness (QED) is 0.478. The van der Waals surface area contributed by atoms with E-state index in [9.17, 15) is 4.79 Å². The Morgan fingerprint density at radius 2 is 2.19 bits per heavy atom. The van der Waals surface area contributed by atoms with Gasteiger partial charge < -0.3 is 14.6 Å². The Hall–Kier alpha value is -2.19. The zero-order valence-electron chi connectivity index (χ0n) is 14.9. The summed E-state index contributed by atoms with van der Waals surface area (Å²) in [5.74, 6) is 1.93. The van der Waals surface area contributed by atoms with E-state index >= 15 is 0 Å². The van der Waals surface area contributed by atoms with Crippen molar-refractivity contribution in [3.05, 3.63) is 51.6 Å². The van der Waals surface area contributed by atoms with Crippen molar-refractivity contribution < 1.29 is 14.1 Å². The Labute approximate surface area is 170 Å². The normalized spacial score (nSPS) is 10.7. The van der Waals surface area contributed by atoms with E-state index in [1.165, 1.54) is 0 Å². The largest absolute Gasteiger partial charge is 0.496 e. The highest BCUT2D eigenvalue weighted by Crippen LogP contribution is 2.25. The van der Waals surface area contributed by atoms with Gasteiger partial charge in [-0.05, 0) is 58.4 Å². The van der Waals surface area contributed by atoms with Gasteiger partial charge in [0.1, 0.15) is 5.75 Å². The molecule has 0 aliphatic carbocycles. The molecule has 3 aromatic rings. The maximum Gasteiger partial charge on any atom is 0.251 e. The van der Waals surface area contributed by atoms with Crippen molar-refractivity contribution in [1.82, 2.24) is 15.5 Å². The molecule has 0 spiro atoms. The van der Waals surface area contributed by atoms with E-state index in [4.69, 9.17) is 9.26 Å². The summed E-state index contributed by atoms with van der Waals surface area (Å²) < 4.78 is 11.2. The number of unbranched alkanes of at least 4 members (excludes halogenated alkanes) is 2. The Morgan fingerprint density at radius 3 is 2.93 bits per heavy atom. The van der Waals surface area contributed by atoms with Gasteiger partial charge in [-0.15, -0.1) is 11.3 Å². The number of rotatable bonds is 9. The fourth-order valence-electron chi connectivity index (χ4n) is 2.55. The number of nitrogens with one attached hydrogen (secondary N) is 1. The number of halogens is 1. The first kappa shape index (κ1) is 19.6. The molecule has 1 N–H and O–H groups in total. The number of nitrogens with zero attached hydrogens (tertiary/aromatic N) is 2. The van der Waals surface area contributed by atoms with Crippen molar-refractivity contribution in [3.8, 4) is 16.5 Å². The minimum absolute atomic E-state index is 0.0872. The van der Waals surface area contributed by atoms with Crippen LogP contribution in [0.25, 0.3) is 10.7 Å². The van der Waals surface area contributed by atoms with Crippen LogP contribution in [0, 0.1) is 0 Å². The van der Waals surface area contributed by atoms with E-state index < -0.39 is 0 Å². The number of thiophene rings is 1. The fourth-order valence-corrected chi connectivity index (χ4v) is 3.74. The summed E-state index contributed by atoms with van der Waals surface area (Å²) in [5, 5.41) is 8.93. The molecule has 0 aliphatic rings. The molecule has 142 valence electrons. The van der Waals surface area contributed by atoms with Crippen molar-refractivity contribution in [2.75, 3.05) is 13.7 Å². The van der Waals surface area contributed by atoms with Crippen molar-refractivity contribution in [3.63, 3.8) is 0 Å². The molecule has 0 unspecified atom stereocenters. The van der Waals surface area contributed by atoms with Gasteiger partial charge in [-0.25, -0.2) is 0 Å². The highest BCUT2D eigenvalue weighted by Gasteiger charge is 2.10. The van der Waals surface area contributed by atoms with Crippen LogP contribution in [0.1, 0.15) is 35.5 Å². The van der Waals surface area contributed by atoms with Crippen LogP contribution in [0.15, 0.2) is 44.7 Å². The third-order valence-corrected chi connectivity index (χ3v) is 5.46. The number of hydrogen-bond acceptors (Lipinski definition) is 6. The maximum atomic E-state index is 12.2. The number of hydrogen-bond donors (Lipinski definition) is 1. The summed E-state index contributed by atoms with van der Waals surface area (Å²) in [6, 6.07) is 9.22. The molecule has 0 radical (unpaired) electrons. The van der Waals surface area contributed by atoms with Gasteiger partial charge in [-0.3, -0.25) is 4.79 Å². The molecule has 27 heavy (non-hydrogen) atoms. The van der Waals surface area contributed by atoms with Gasteiger partial charge in [-0.2, -0.15) is 4.98 Å². The molecule has 0 saturated heterocycles. The average molecular weight is 450 g/mol. The number of aryl methyl sites for hydroxylation is 1. The predicted molar refractivity (Wildman–Crippen MR) is 108 cm³/mol. The molecule has 2 heterocycles. The Balaban J connectivity index is 1.35. The lowest BCUT2D eigenvalue weighted by Gasteiger charge is -2.07. The minimum Gasteiger partial charge on any atom is -0.496 e. The summed E-state index contributed by atoms with van der Waals surface area (Å²) in [7, 11) is 1.59. The summed E-state index contributed by atoms with van der Waals surface area (Å²) in [6.45, 7) is 0.632. The SMILES string of the molecule is COc1ccc(C(=O)NCCCCCc2nc(-c3cccs3)no2)cc1Br. The van der Waals surface area contributed by atoms with E-state index in [1.54, 1.807) is 36.6 Å². The van der Waals surface area contributed by atoms with Gasteiger partial charge in [0.25, 0.3) is 5.91 Å². The highest BCUT2D eigenvalue weighted by atomic mass is 79.9. The van der Waals surface area contributed by atoms with Crippen molar-refractivity contribution in [1.29, 1.82) is 0 Å². The minimum atomic E-state index is -0.0872. The van der Waals surface area contributed by atoms with E-state index in [2.05, 4.69) is 31.4 Å². The van der Waals surface area contributed by atoms with Gasteiger partial charge in [0.15, 0.2) is 0 Å². The monoisotopic (exact) mass is 449 g/mol. The summed E-state index contributed by atoms with van der Waals surface area (Å²) in [5.41, 5.74) is 0.606. The Morgan fingerprint density at radius 1 is 1.30 bits per heavy atom. The van der Waals surface area contributed by atoms with Crippen molar-refractivity contribution in [2.24, 2.45) is 0 Å². The van der Waals surface area contributed by atoms with Gasteiger partial charge in [0, 0.05) is 18.5 Å². The van der Waals surface area contributed by atoms with Crippen molar-refractivity contribution in [2.45, 2.75) is 25.7 Å². The first-order valence-electron chi connectivity index (χ1n) is 8.65. The standard InChI is InChI=1S/C19H20BrN3O3S/c1-25-15-9-8-13(12-14(15)20)19(24)21-10-4-2-3-7-17-22-18(23-26-17)16-6-5-11-27-16/h5-6,8-9,11-12H,2-4,7,10H2,1H3,(H,21,24). The third kappa shape index (κ3) is 5.40. The zero-order valence-corrected chi connectivity index (χ0v) is 17.3. The van der Waals surface area contributed by atoms with E-state index in [0.29, 0.717) is 29.6 Å². The first-order valence-corrected chi connectivity index (χ1v) is 10.3. The molecule has 0 aliphatic heterocycles. The van der Waals surface area contributed by atoms with Gasteiger partial charge in [0.05, 0.1) is 16.5 Å². The van der Waals surface area contributed by atoms with Crippen LogP contribution in [0.2, 0.25) is 0 Å². The van der Waals surface area contributed by atoms with Gasteiger partial charge >= 0.3 is 0 Å². The highest BCUT2D eigenvalue weighted by molar-refractivity contribution is 9.10. The lowest BCUT2D eigenvalue weighted by Crippen LogP contribution is -2.24. The maximum absolute atomic E-state index is 12.2. The molecular formula is C19H20BrN3O3S. The number of aromatic nitrogens is 2. The number of carbonyl (C=O) groups excluding carboxylic acids is 1. The van der Waals surface area contributed by atoms with Crippen LogP contribution in [-0.4, -0.2) is 29.7 Å². The molecule has 0 bridgehead atoms. The van der Waals surface area contributed by atoms with Crippen LogP contribution in [0.3, 0.4) is 0 Å². The van der Waals surface area contributed by atoms with Crippen LogP contribution in [-0.2, 0) is 6.42 Å². The predicted octanol–water partition coefficient (Wildman–Crippen LogP) is 4.71. The number of ether oxygens (including phenoxy) is 1. The van der Waals surface area contributed by atoms with E-state index in [1.807, 2.05) is 17.5 Å². The molecule has 1 amide bonds. The topological polar surface area (TPSA) is 77.2 Å². The molecule has 1 aromatic carbocycles. The molecule has 6 nitrogen and oxygen atoms in total. The van der Waals surface area contributed by atoms with Crippen LogP contribution in [0.5, 0.6) is 5.75 Å². The van der Waals surface area contributed by atoms with Crippen LogP contribution in [0.4, 0.5) is 0 Å². The molecule has 2 aromatic heterocycles. The molecular weight excluding hydrogens is 430 g/mol. The van der Waals surface area contributed by atoms with Gasteiger partial charge in [0.2, 0.25) is 11.7 Å². The Kier molecular flexibility index (Phi) is 7.00. The first-order chi connectivity index (χ1) is 13.2. The average Bonchev–Trinajstić information content (AvgIpc) is 3.35. The van der Waals surface area contributed by atoms with Crippen LogP contribution < -0.4 is 10.1 Å². The smallest absolute Gasteiger partial charge is 0.251 e. The lowest BCUT2D eigenvalue weighted by atomic mass is 10.1. The number of amides is 1. The molecule has 3 rings (SSSR count). The number of benzene rings is 1. The molecule has 8 heteroatoms. The van der Waals surface area contributed by atoms with Gasteiger partial charge in [-0.1, -0.05) is 17.6 Å². The lowest BCUT2D eigenvalue weighted by molar-refractivity contribution is 0.0953. The van der Waals surface area contributed by atoms with E-state index in [0.717, 1.165) is 35.0 Å². The fraction of sp³-hybridized carbons (Fsp3) is 0.316. The second kappa shape index (κ2) is 9.66. The molecule has 0 fully saturated rings. The molecule has 0 atom stereocenters. The third-order valence-electron chi connectivity index (χ3n) is 3.98. The van der Waals surface area contributed by atoms with Crippen molar-refractivity contribution >= 4 is 33.2 Å². The molecule has 0 saturated carbocycles. The number of methoxy groups -OCH3 is 1. The zero-order chi connectivity index (χ0) is 19.1. The summed E-state index contributed by atoms with van der Waals surface area (Å²) in [4.78, 5) is 17.6.